The van der Waals surface area contributed by atoms with Gasteiger partial charge in [-0.2, -0.15) is 0 Å². The van der Waals surface area contributed by atoms with Crippen molar-refractivity contribution in [3.8, 4) is 78.6 Å². The van der Waals surface area contributed by atoms with Crippen molar-refractivity contribution in [1.29, 1.82) is 0 Å². The fourth-order valence-electron chi connectivity index (χ4n) is 7.76. The molecule has 9 aromatic rings. The Morgan fingerprint density at radius 2 is 1.19 bits per heavy atom. The number of aromatic hydroxyl groups is 1. The van der Waals surface area contributed by atoms with Gasteiger partial charge in [-0.25, -0.2) is 4.98 Å². The fourth-order valence-corrected chi connectivity index (χ4v) is 7.76. The average molecular weight is 741 g/mol. The number of nitrogens with zero attached hydrogens (tertiary/aromatic N) is 3. The zero-order chi connectivity index (χ0) is 41.6. The molecule has 0 amide bonds. The fraction of sp³-hybridized carbons (Fsp3) is 0.0943. The van der Waals surface area contributed by atoms with E-state index in [0.29, 0.717) is 17.0 Å². The number of rotatable bonds is 7. The Labute approximate surface area is 338 Å². The molecule has 0 aliphatic rings. The van der Waals surface area contributed by atoms with Crippen LogP contribution in [0.3, 0.4) is 0 Å². The minimum Gasteiger partial charge on any atom is -0.507 e. The number of aryl methyl sites for hydroxylation is 1. The molecule has 0 atom stereocenters. The second-order valence-corrected chi connectivity index (χ2v) is 15.5. The lowest BCUT2D eigenvalue weighted by Crippen LogP contribution is -2.14. The van der Waals surface area contributed by atoms with E-state index in [1.54, 1.807) is 24.4 Å². The predicted octanol–water partition coefficient (Wildman–Crippen LogP) is 13.7. The van der Waals surface area contributed by atoms with Gasteiger partial charge in [0, 0.05) is 27.1 Å². The van der Waals surface area contributed by atoms with Gasteiger partial charge in [0.05, 0.1) is 22.3 Å². The van der Waals surface area contributed by atoms with E-state index in [4.69, 9.17) is 14.1 Å². The lowest BCUT2D eigenvalue weighted by molar-refractivity contribution is 0.477. The predicted molar refractivity (Wildman–Crippen MR) is 237 cm³/mol. The quantitative estimate of drug-likeness (QED) is 0.177. The maximum Gasteiger partial charge on any atom is 0.149 e. The summed E-state index contributed by atoms with van der Waals surface area (Å²) in [6.07, 6.45) is 1.80. The van der Waals surface area contributed by atoms with Crippen LogP contribution in [0.5, 0.6) is 5.75 Å². The van der Waals surface area contributed by atoms with Crippen LogP contribution < -0.4 is 0 Å². The monoisotopic (exact) mass is 740 g/mol. The molecule has 9 rings (SSSR count). The van der Waals surface area contributed by atoms with Crippen molar-refractivity contribution >= 4 is 11.0 Å². The van der Waals surface area contributed by atoms with Crippen molar-refractivity contribution in [1.82, 2.24) is 14.5 Å². The van der Waals surface area contributed by atoms with E-state index in [0.717, 1.165) is 66.9 Å². The van der Waals surface area contributed by atoms with Gasteiger partial charge in [-0.05, 0) is 117 Å². The van der Waals surface area contributed by atoms with Crippen molar-refractivity contribution in [2.45, 2.75) is 33.0 Å². The summed E-state index contributed by atoms with van der Waals surface area (Å²) in [6.45, 7) is 4.55. The van der Waals surface area contributed by atoms with E-state index >= 15 is 0 Å². The van der Waals surface area contributed by atoms with Crippen LogP contribution in [0, 0.1) is 6.85 Å². The smallest absolute Gasteiger partial charge is 0.149 e. The molecule has 4 heteroatoms. The molecule has 1 N–H and O–H groups in total. The van der Waals surface area contributed by atoms with Crippen molar-refractivity contribution in [2.24, 2.45) is 0 Å². The third-order valence-corrected chi connectivity index (χ3v) is 10.6. The van der Waals surface area contributed by atoms with E-state index < -0.39 is 6.85 Å². The Balaban J connectivity index is 1.25. The first-order valence-electron chi connectivity index (χ1n) is 20.7. The second-order valence-electron chi connectivity index (χ2n) is 15.5. The molecule has 0 aliphatic carbocycles. The van der Waals surface area contributed by atoms with E-state index in [9.17, 15) is 5.11 Å². The zero-order valence-corrected chi connectivity index (χ0v) is 32.1. The highest BCUT2D eigenvalue weighted by molar-refractivity contribution is 5.97. The van der Waals surface area contributed by atoms with Crippen molar-refractivity contribution < 1.29 is 9.22 Å². The van der Waals surface area contributed by atoms with Gasteiger partial charge in [0.1, 0.15) is 11.6 Å². The van der Waals surface area contributed by atoms with E-state index in [1.807, 2.05) is 60.7 Å². The number of phenolic OH excluding ortho intramolecular Hbond substituents is 1. The number of phenols is 1. The Morgan fingerprint density at radius 1 is 0.526 bits per heavy atom. The van der Waals surface area contributed by atoms with Crippen LogP contribution in [-0.4, -0.2) is 19.6 Å². The lowest BCUT2D eigenvalue weighted by Gasteiger charge is -2.25. The maximum atomic E-state index is 11.3. The summed E-state index contributed by atoms with van der Waals surface area (Å²) in [5.74, 6) is 0.793. The van der Waals surface area contributed by atoms with Gasteiger partial charge in [-0.15, -0.1) is 0 Å². The molecule has 7 aromatic carbocycles. The molecule has 0 bridgehead atoms. The Bertz CT molecular complexity index is 3000. The minimum absolute atomic E-state index is 0.153. The average Bonchev–Trinajstić information content (AvgIpc) is 3.66. The lowest BCUT2D eigenvalue weighted by atomic mass is 9.81. The summed E-state index contributed by atoms with van der Waals surface area (Å²) in [5, 5.41) is 11.3. The summed E-state index contributed by atoms with van der Waals surface area (Å²) in [7, 11) is 0. The first-order valence-corrected chi connectivity index (χ1v) is 19.2. The highest BCUT2D eigenvalue weighted by Crippen LogP contribution is 2.42. The number of fused-ring (bicyclic) bond motifs is 1. The van der Waals surface area contributed by atoms with Gasteiger partial charge in [0.15, 0.2) is 0 Å². The molecule has 2 aromatic heterocycles. The molecule has 0 unspecified atom stereocenters. The van der Waals surface area contributed by atoms with E-state index in [-0.39, 0.29) is 11.2 Å². The minimum atomic E-state index is -2.17. The number of benzene rings is 7. The van der Waals surface area contributed by atoms with Gasteiger partial charge in [0.2, 0.25) is 0 Å². The highest BCUT2D eigenvalue weighted by Gasteiger charge is 2.24. The first kappa shape index (κ1) is 32.2. The van der Waals surface area contributed by atoms with Crippen LogP contribution in [0.25, 0.3) is 83.9 Å². The number of aromatic nitrogens is 3. The summed E-state index contributed by atoms with van der Waals surface area (Å²) in [4.78, 5) is 10.2. The van der Waals surface area contributed by atoms with Gasteiger partial charge in [0.25, 0.3) is 0 Å². The number of imidazole rings is 1. The van der Waals surface area contributed by atoms with Crippen molar-refractivity contribution in [3.63, 3.8) is 0 Å². The summed E-state index contributed by atoms with van der Waals surface area (Å²) in [6, 6.07) is 58.7. The molecule has 0 aliphatic heterocycles. The summed E-state index contributed by atoms with van der Waals surface area (Å²) < 4.78 is 25.6. The SMILES string of the molecule is [2H]C([2H])([2H])c1ccc(-c2ccnc(-c3cc(-c4ccccc4)cc(-c4cccc5c4nc(-c4ccccc4O)n5-c4ccc(-c5ccccc5)c(C(C)(C)C)c4)c3)c2)cc1. The molecular weight excluding hydrogens is 695 g/mol. The third kappa shape index (κ3) is 6.91. The van der Waals surface area contributed by atoms with E-state index in [1.165, 1.54) is 11.1 Å². The van der Waals surface area contributed by atoms with Crippen molar-refractivity contribution in [2.75, 3.05) is 0 Å². The van der Waals surface area contributed by atoms with Crippen LogP contribution >= 0.6 is 0 Å². The largest absolute Gasteiger partial charge is 0.507 e. The molecule has 4 nitrogen and oxygen atoms in total. The molecule has 0 saturated heterocycles. The molecule has 276 valence electrons. The summed E-state index contributed by atoms with van der Waals surface area (Å²) >= 11 is 0. The normalized spacial score (nSPS) is 12.6. The molecule has 0 spiro atoms. The van der Waals surface area contributed by atoms with Crippen LogP contribution in [0.2, 0.25) is 0 Å². The molecule has 0 radical (unpaired) electrons. The number of pyridine rings is 1. The molecular formula is C53H43N3O. The van der Waals surface area contributed by atoms with Crippen molar-refractivity contribution in [3.05, 3.63) is 193 Å². The zero-order valence-electron chi connectivity index (χ0n) is 35.1. The standard InChI is InChI=1S/C53H43N3O/c1-35-22-24-37(25-23-35)39-28-29-54-48(33-39)42-31-40(36-14-7-5-8-15-36)30-41(32-42)45-19-13-20-49-51(45)55-52(46-18-11-12-21-50(46)57)56(49)43-26-27-44(38-16-9-6-10-17-38)47(34-43)53(2,3)4/h5-34,57H,1-4H3/i1D3. The Hall–Kier alpha value is -7.04. The molecule has 57 heavy (non-hydrogen) atoms. The number of para-hydroxylation sites is 2. The molecule has 0 fully saturated rings. The topological polar surface area (TPSA) is 50.9 Å². The molecule has 0 saturated carbocycles. The highest BCUT2D eigenvalue weighted by atomic mass is 16.3. The van der Waals surface area contributed by atoms with Crippen LogP contribution in [0.4, 0.5) is 0 Å². The van der Waals surface area contributed by atoms with Crippen LogP contribution in [-0.2, 0) is 5.41 Å². The Kier molecular flexibility index (Phi) is 8.23. The first-order chi connectivity index (χ1) is 28.9. The van der Waals surface area contributed by atoms with Gasteiger partial charge in [-0.1, -0.05) is 142 Å². The van der Waals surface area contributed by atoms with Crippen LogP contribution in [0.1, 0.15) is 36.0 Å². The number of hydrogen-bond donors (Lipinski definition) is 1. The number of hydrogen-bond acceptors (Lipinski definition) is 3. The maximum absolute atomic E-state index is 11.3. The second kappa shape index (κ2) is 14.6. The third-order valence-electron chi connectivity index (χ3n) is 10.6. The molecule has 2 heterocycles. The van der Waals surface area contributed by atoms with Gasteiger partial charge in [-0.3, -0.25) is 9.55 Å². The van der Waals surface area contributed by atoms with E-state index in [2.05, 4.69) is 122 Å². The Morgan fingerprint density at radius 3 is 1.93 bits per heavy atom. The van der Waals surface area contributed by atoms with Gasteiger partial charge >= 0.3 is 0 Å². The van der Waals surface area contributed by atoms with Gasteiger partial charge < -0.3 is 5.11 Å². The summed E-state index contributed by atoms with van der Waals surface area (Å²) in [5.41, 5.74) is 14.5. The van der Waals surface area contributed by atoms with Crippen LogP contribution in [0.15, 0.2) is 182 Å².